The Labute approximate surface area is 194 Å². The van der Waals surface area contributed by atoms with Gasteiger partial charge in [0.2, 0.25) is 5.91 Å². The van der Waals surface area contributed by atoms with Crippen molar-refractivity contribution in [1.29, 1.82) is 0 Å². The number of rotatable bonds is 6. The van der Waals surface area contributed by atoms with E-state index in [9.17, 15) is 14.3 Å². The van der Waals surface area contributed by atoms with Crippen LogP contribution in [-0.4, -0.2) is 29.0 Å². The molecule has 4 heteroatoms. The molecule has 2 fully saturated rings. The van der Waals surface area contributed by atoms with Crippen LogP contribution in [0.2, 0.25) is 0 Å². The van der Waals surface area contributed by atoms with E-state index in [4.69, 9.17) is 0 Å². The molecule has 1 aliphatic carbocycles. The Morgan fingerprint density at radius 2 is 1.67 bits per heavy atom. The van der Waals surface area contributed by atoms with E-state index in [0.29, 0.717) is 11.5 Å². The first-order chi connectivity index (χ1) is 16.1. The Balaban J connectivity index is 1.19. The molecule has 1 amide bonds. The van der Waals surface area contributed by atoms with Crippen molar-refractivity contribution in [1.82, 2.24) is 4.90 Å². The molecule has 2 unspecified atom stereocenters. The standard InChI is InChI=1S/C29H30FNO2/c30-22-12-13-25(28(32)18-22)23-8-4-5-9-24(23)26-19-27(26)29(33)31-16-14-21(15-17-31)11-10-20-6-2-1-3-7-20/h1-9,12-13,18,21,26-27,32H,10-11,14-17,19H2. The van der Waals surface area contributed by atoms with Crippen molar-refractivity contribution in [3.05, 3.63) is 89.7 Å². The number of hydrogen-bond donors (Lipinski definition) is 1. The van der Waals surface area contributed by atoms with Crippen LogP contribution in [0.4, 0.5) is 4.39 Å². The molecule has 3 nitrogen and oxygen atoms in total. The minimum absolute atomic E-state index is 0.00890. The number of benzene rings is 3. The number of carbonyl (C=O) groups excluding carboxylic acids is 1. The molecule has 3 aromatic carbocycles. The van der Waals surface area contributed by atoms with Crippen LogP contribution in [0.1, 0.15) is 42.7 Å². The quantitative estimate of drug-likeness (QED) is 0.495. The fraction of sp³-hybridized carbons (Fsp3) is 0.345. The minimum atomic E-state index is -0.458. The Morgan fingerprint density at radius 3 is 2.42 bits per heavy atom. The summed E-state index contributed by atoms with van der Waals surface area (Å²) in [6.45, 7) is 1.70. The van der Waals surface area contributed by atoms with E-state index >= 15 is 0 Å². The maximum absolute atomic E-state index is 13.5. The molecular weight excluding hydrogens is 413 g/mol. The number of piperidine rings is 1. The van der Waals surface area contributed by atoms with Gasteiger partial charge in [-0.15, -0.1) is 0 Å². The third kappa shape index (κ3) is 4.80. The molecule has 1 saturated carbocycles. The number of aryl methyl sites for hydroxylation is 1. The highest BCUT2D eigenvalue weighted by Crippen LogP contribution is 2.52. The third-order valence-electron chi connectivity index (χ3n) is 7.33. The summed E-state index contributed by atoms with van der Waals surface area (Å²) < 4.78 is 13.5. The number of aromatic hydroxyl groups is 1. The van der Waals surface area contributed by atoms with E-state index in [1.807, 2.05) is 24.3 Å². The van der Waals surface area contributed by atoms with Crippen LogP contribution in [0.15, 0.2) is 72.8 Å². The largest absolute Gasteiger partial charge is 0.507 e. The number of likely N-dealkylation sites (tertiary alicyclic amines) is 1. The van der Waals surface area contributed by atoms with Crippen molar-refractivity contribution in [3.63, 3.8) is 0 Å². The van der Waals surface area contributed by atoms with E-state index in [1.165, 1.54) is 18.1 Å². The third-order valence-corrected chi connectivity index (χ3v) is 7.33. The van der Waals surface area contributed by atoms with Crippen LogP contribution in [0, 0.1) is 17.7 Å². The predicted molar refractivity (Wildman–Crippen MR) is 128 cm³/mol. The summed E-state index contributed by atoms with van der Waals surface area (Å²) >= 11 is 0. The Kier molecular flexibility index (Phi) is 6.17. The fourth-order valence-electron chi connectivity index (χ4n) is 5.30. The molecular formula is C29H30FNO2. The average Bonchev–Trinajstić information content (AvgIpc) is 3.64. The number of nitrogens with zero attached hydrogens (tertiary/aromatic N) is 1. The van der Waals surface area contributed by atoms with Gasteiger partial charge in [-0.25, -0.2) is 4.39 Å². The second-order valence-corrected chi connectivity index (χ2v) is 9.49. The van der Waals surface area contributed by atoms with E-state index in [1.54, 1.807) is 6.07 Å². The van der Waals surface area contributed by atoms with Crippen molar-refractivity contribution >= 4 is 5.91 Å². The summed E-state index contributed by atoms with van der Waals surface area (Å²) in [5.41, 5.74) is 3.96. The molecule has 2 atom stereocenters. The van der Waals surface area contributed by atoms with Crippen molar-refractivity contribution in [2.75, 3.05) is 13.1 Å². The van der Waals surface area contributed by atoms with Gasteiger partial charge in [0.15, 0.2) is 0 Å². The first kappa shape index (κ1) is 21.7. The smallest absolute Gasteiger partial charge is 0.226 e. The molecule has 1 heterocycles. The summed E-state index contributed by atoms with van der Waals surface area (Å²) in [5.74, 6) is 0.596. The van der Waals surface area contributed by atoms with E-state index in [-0.39, 0.29) is 23.5 Å². The SMILES string of the molecule is O=C(C1CC1c1ccccc1-c1ccc(F)cc1O)N1CCC(CCc2ccccc2)CC1. The van der Waals surface area contributed by atoms with Crippen LogP contribution in [0.25, 0.3) is 11.1 Å². The fourth-order valence-corrected chi connectivity index (χ4v) is 5.30. The molecule has 33 heavy (non-hydrogen) atoms. The predicted octanol–water partition coefficient (Wildman–Crippen LogP) is 6.17. The van der Waals surface area contributed by atoms with Gasteiger partial charge in [0.1, 0.15) is 11.6 Å². The van der Waals surface area contributed by atoms with Gasteiger partial charge in [-0.2, -0.15) is 0 Å². The zero-order valence-corrected chi connectivity index (χ0v) is 18.8. The van der Waals surface area contributed by atoms with Crippen LogP contribution < -0.4 is 0 Å². The Bertz CT molecular complexity index is 1120. The molecule has 5 rings (SSSR count). The topological polar surface area (TPSA) is 40.5 Å². The molecule has 0 bridgehead atoms. The minimum Gasteiger partial charge on any atom is -0.507 e. The zero-order valence-electron chi connectivity index (χ0n) is 18.8. The average molecular weight is 444 g/mol. The van der Waals surface area contributed by atoms with Crippen molar-refractivity contribution in [2.45, 2.75) is 38.0 Å². The number of phenolic OH excluding ortho intramolecular Hbond substituents is 1. The summed E-state index contributed by atoms with van der Waals surface area (Å²) in [4.78, 5) is 15.3. The summed E-state index contributed by atoms with van der Waals surface area (Å²) in [7, 11) is 0. The van der Waals surface area contributed by atoms with Gasteiger partial charge in [-0.3, -0.25) is 4.79 Å². The van der Waals surface area contributed by atoms with Gasteiger partial charge in [-0.05, 0) is 72.8 Å². The maximum Gasteiger partial charge on any atom is 0.226 e. The number of amides is 1. The molecule has 0 aromatic heterocycles. The Hall–Kier alpha value is -3.14. The van der Waals surface area contributed by atoms with E-state index in [2.05, 4.69) is 35.2 Å². The summed E-state index contributed by atoms with van der Waals surface area (Å²) in [6.07, 6.45) is 5.29. The lowest BCUT2D eigenvalue weighted by molar-refractivity contribution is -0.134. The molecule has 2 aliphatic rings. The zero-order chi connectivity index (χ0) is 22.8. The molecule has 0 spiro atoms. The van der Waals surface area contributed by atoms with Crippen molar-refractivity contribution in [3.8, 4) is 16.9 Å². The summed E-state index contributed by atoms with van der Waals surface area (Å²) in [5, 5.41) is 10.3. The van der Waals surface area contributed by atoms with E-state index < -0.39 is 5.82 Å². The lowest BCUT2D eigenvalue weighted by Crippen LogP contribution is -2.39. The second-order valence-electron chi connectivity index (χ2n) is 9.49. The molecule has 1 saturated heterocycles. The van der Waals surface area contributed by atoms with Crippen molar-refractivity contribution in [2.24, 2.45) is 11.8 Å². The van der Waals surface area contributed by atoms with Gasteiger partial charge >= 0.3 is 0 Å². The molecule has 1 N–H and O–H groups in total. The highest BCUT2D eigenvalue weighted by atomic mass is 19.1. The monoisotopic (exact) mass is 443 g/mol. The number of hydrogen-bond acceptors (Lipinski definition) is 2. The normalized spacial score (nSPS) is 20.6. The van der Waals surface area contributed by atoms with Gasteiger partial charge < -0.3 is 10.0 Å². The lowest BCUT2D eigenvalue weighted by Gasteiger charge is -2.32. The van der Waals surface area contributed by atoms with Crippen LogP contribution >= 0.6 is 0 Å². The van der Waals surface area contributed by atoms with Gasteiger partial charge in [0.25, 0.3) is 0 Å². The molecule has 0 radical (unpaired) electrons. The maximum atomic E-state index is 13.5. The van der Waals surface area contributed by atoms with Gasteiger partial charge in [0.05, 0.1) is 0 Å². The molecule has 3 aromatic rings. The van der Waals surface area contributed by atoms with Crippen LogP contribution in [0.5, 0.6) is 5.75 Å². The molecule has 170 valence electrons. The summed E-state index contributed by atoms with van der Waals surface area (Å²) in [6, 6.07) is 22.6. The van der Waals surface area contributed by atoms with Crippen molar-refractivity contribution < 1.29 is 14.3 Å². The van der Waals surface area contributed by atoms with Crippen LogP contribution in [0.3, 0.4) is 0 Å². The number of phenols is 1. The van der Waals surface area contributed by atoms with Gasteiger partial charge in [0, 0.05) is 30.6 Å². The molecule has 1 aliphatic heterocycles. The lowest BCUT2D eigenvalue weighted by atomic mass is 9.90. The highest BCUT2D eigenvalue weighted by Gasteiger charge is 2.47. The highest BCUT2D eigenvalue weighted by molar-refractivity contribution is 5.84. The Morgan fingerprint density at radius 1 is 0.939 bits per heavy atom. The number of halogens is 1. The van der Waals surface area contributed by atoms with Gasteiger partial charge in [-0.1, -0.05) is 54.6 Å². The number of carbonyl (C=O) groups is 1. The second kappa shape index (κ2) is 9.38. The first-order valence-electron chi connectivity index (χ1n) is 12.0. The first-order valence-corrected chi connectivity index (χ1v) is 12.0. The van der Waals surface area contributed by atoms with E-state index in [0.717, 1.165) is 56.0 Å². The van der Waals surface area contributed by atoms with Crippen LogP contribution in [-0.2, 0) is 11.2 Å².